The lowest BCUT2D eigenvalue weighted by Gasteiger charge is -2.15. The van der Waals surface area contributed by atoms with Gasteiger partial charge in [-0.3, -0.25) is 4.79 Å². The molecule has 15 heavy (non-hydrogen) atoms. The van der Waals surface area contributed by atoms with E-state index in [0.29, 0.717) is 6.07 Å². The van der Waals surface area contributed by atoms with Crippen LogP contribution in [0.2, 0.25) is 0 Å². The minimum absolute atomic E-state index is 0.0866. The third-order valence-electron chi connectivity index (χ3n) is 2.05. The second kappa shape index (κ2) is 4.06. The van der Waals surface area contributed by atoms with Crippen molar-refractivity contribution in [3.8, 4) is 0 Å². The maximum atomic E-state index is 13.1. The van der Waals surface area contributed by atoms with Gasteiger partial charge in [0.1, 0.15) is 17.2 Å². The Morgan fingerprint density at radius 2 is 2.00 bits per heavy atom. The van der Waals surface area contributed by atoms with Gasteiger partial charge in [-0.25, -0.2) is 8.78 Å². The molecule has 0 spiro atoms. The topological polar surface area (TPSA) is 37.3 Å². The Labute approximate surface area is 86.5 Å². The molecular weight excluding hydrogens is 202 g/mol. The molecule has 82 valence electrons. The lowest BCUT2D eigenvalue weighted by Crippen LogP contribution is -2.32. The van der Waals surface area contributed by atoms with E-state index in [9.17, 15) is 18.7 Å². The van der Waals surface area contributed by atoms with E-state index in [4.69, 9.17) is 0 Å². The van der Waals surface area contributed by atoms with Gasteiger partial charge in [0.25, 0.3) is 0 Å². The highest BCUT2D eigenvalue weighted by molar-refractivity contribution is 5.88. The molecule has 1 aromatic rings. The Morgan fingerprint density at radius 3 is 2.47 bits per heavy atom. The molecule has 0 amide bonds. The first-order chi connectivity index (χ1) is 6.80. The molecule has 1 rings (SSSR count). The van der Waals surface area contributed by atoms with Crippen molar-refractivity contribution in [3.63, 3.8) is 0 Å². The second-order valence-electron chi connectivity index (χ2n) is 3.89. The lowest BCUT2D eigenvalue weighted by atomic mass is 9.97. The molecule has 0 aliphatic rings. The number of rotatable bonds is 3. The number of Topliss-reactive ketones (excluding diaryl/α,β-unsaturated/α-hetero) is 1. The molecule has 0 unspecified atom stereocenters. The Kier molecular flexibility index (Phi) is 3.19. The number of hydrogen-bond donors (Lipinski definition) is 1. The molecule has 1 aromatic carbocycles. The predicted octanol–water partition coefficient (Wildman–Crippen LogP) is 1.85. The first-order valence-corrected chi connectivity index (χ1v) is 4.50. The summed E-state index contributed by atoms with van der Waals surface area (Å²) in [5.74, 6) is -1.97. The maximum absolute atomic E-state index is 13.1. The summed E-state index contributed by atoms with van der Waals surface area (Å²) in [6.07, 6.45) is -0.240. The molecule has 4 heteroatoms. The average molecular weight is 214 g/mol. The van der Waals surface area contributed by atoms with E-state index in [1.54, 1.807) is 0 Å². The van der Waals surface area contributed by atoms with Crippen LogP contribution < -0.4 is 0 Å². The molecule has 0 aliphatic carbocycles. The summed E-state index contributed by atoms with van der Waals surface area (Å²) in [6.45, 7) is 2.66. The smallest absolute Gasteiger partial charge is 0.168 e. The molecule has 0 saturated heterocycles. The number of hydrogen-bond acceptors (Lipinski definition) is 2. The van der Waals surface area contributed by atoms with E-state index < -0.39 is 23.0 Å². The van der Waals surface area contributed by atoms with E-state index >= 15 is 0 Å². The van der Waals surface area contributed by atoms with Crippen molar-refractivity contribution >= 4 is 5.78 Å². The fraction of sp³-hybridized carbons (Fsp3) is 0.364. The van der Waals surface area contributed by atoms with Crippen LogP contribution in [0.3, 0.4) is 0 Å². The van der Waals surface area contributed by atoms with Crippen LogP contribution in [0, 0.1) is 11.6 Å². The van der Waals surface area contributed by atoms with Gasteiger partial charge in [0, 0.05) is 12.5 Å². The predicted molar refractivity (Wildman–Crippen MR) is 51.4 cm³/mol. The Hall–Kier alpha value is -1.29. The zero-order valence-electron chi connectivity index (χ0n) is 8.55. The van der Waals surface area contributed by atoms with Gasteiger partial charge in [0.2, 0.25) is 0 Å². The van der Waals surface area contributed by atoms with Gasteiger partial charge in [-0.15, -0.1) is 0 Å². The van der Waals surface area contributed by atoms with Crippen molar-refractivity contribution in [2.75, 3.05) is 0 Å². The van der Waals surface area contributed by atoms with E-state index in [-0.39, 0.29) is 12.0 Å². The van der Waals surface area contributed by atoms with Gasteiger partial charge < -0.3 is 5.11 Å². The quantitative estimate of drug-likeness (QED) is 0.833. The van der Waals surface area contributed by atoms with Crippen molar-refractivity contribution < 1.29 is 18.7 Å². The number of ketones is 1. The molecule has 0 saturated carbocycles. The van der Waals surface area contributed by atoms with Crippen LogP contribution in [-0.2, 0) is 11.2 Å². The van der Waals surface area contributed by atoms with Gasteiger partial charge >= 0.3 is 0 Å². The van der Waals surface area contributed by atoms with Crippen molar-refractivity contribution in [3.05, 3.63) is 35.4 Å². The van der Waals surface area contributed by atoms with E-state index in [1.807, 2.05) is 0 Å². The standard InChI is InChI=1S/C11H12F2O2/c1-11(2,15)10(14)5-7-3-4-8(12)6-9(7)13/h3-4,6,15H,5H2,1-2H3. The Morgan fingerprint density at radius 1 is 1.40 bits per heavy atom. The highest BCUT2D eigenvalue weighted by Crippen LogP contribution is 2.14. The summed E-state index contributed by atoms with van der Waals surface area (Å²) in [5, 5.41) is 9.35. The van der Waals surface area contributed by atoms with Crippen LogP contribution in [-0.4, -0.2) is 16.5 Å². The fourth-order valence-electron chi connectivity index (χ4n) is 1.05. The summed E-state index contributed by atoms with van der Waals surface area (Å²) in [4.78, 5) is 11.4. The molecule has 0 fully saturated rings. The maximum Gasteiger partial charge on any atom is 0.168 e. The SMILES string of the molecule is CC(C)(O)C(=O)Cc1ccc(F)cc1F. The van der Waals surface area contributed by atoms with Crippen molar-refractivity contribution in [2.24, 2.45) is 0 Å². The molecule has 0 bridgehead atoms. The van der Waals surface area contributed by atoms with Crippen molar-refractivity contribution in [1.82, 2.24) is 0 Å². The normalized spacial score (nSPS) is 11.5. The molecule has 0 aromatic heterocycles. The van der Waals surface area contributed by atoms with Gasteiger partial charge in [0.15, 0.2) is 5.78 Å². The van der Waals surface area contributed by atoms with Gasteiger partial charge in [0.05, 0.1) is 0 Å². The van der Waals surface area contributed by atoms with Crippen molar-refractivity contribution in [1.29, 1.82) is 0 Å². The van der Waals surface area contributed by atoms with E-state index in [0.717, 1.165) is 6.07 Å². The molecule has 0 heterocycles. The van der Waals surface area contributed by atoms with Crippen LogP contribution >= 0.6 is 0 Å². The van der Waals surface area contributed by atoms with Crippen LogP contribution in [0.5, 0.6) is 0 Å². The molecule has 0 aliphatic heterocycles. The van der Waals surface area contributed by atoms with E-state index in [1.165, 1.54) is 19.9 Å². The van der Waals surface area contributed by atoms with Gasteiger partial charge in [-0.2, -0.15) is 0 Å². The third-order valence-corrected chi connectivity index (χ3v) is 2.05. The summed E-state index contributed by atoms with van der Waals surface area (Å²) in [5.41, 5.74) is -1.41. The van der Waals surface area contributed by atoms with E-state index in [2.05, 4.69) is 0 Å². The monoisotopic (exact) mass is 214 g/mol. The number of aliphatic hydroxyl groups is 1. The van der Waals surface area contributed by atoms with Gasteiger partial charge in [-0.1, -0.05) is 6.07 Å². The van der Waals surface area contributed by atoms with Crippen LogP contribution in [0.1, 0.15) is 19.4 Å². The highest BCUT2D eigenvalue weighted by atomic mass is 19.1. The molecule has 1 N–H and O–H groups in total. The molecule has 2 nitrogen and oxygen atoms in total. The number of halogens is 2. The average Bonchev–Trinajstić information content (AvgIpc) is 2.08. The summed E-state index contributed by atoms with van der Waals surface area (Å²) >= 11 is 0. The first-order valence-electron chi connectivity index (χ1n) is 4.50. The Balaban J connectivity index is 2.87. The zero-order chi connectivity index (χ0) is 11.6. The first kappa shape index (κ1) is 11.8. The van der Waals surface area contributed by atoms with Gasteiger partial charge in [-0.05, 0) is 25.5 Å². The lowest BCUT2D eigenvalue weighted by molar-refractivity contribution is -0.133. The zero-order valence-corrected chi connectivity index (χ0v) is 8.55. The number of carbonyl (C=O) groups is 1. The van der Waals surface area contributed by atoms with Crippen LogP contribution in [0.15, 0.2) is 18.2 Å². The van der Waals surface area contributed by atoms with Crippen LogP contribution in [0.25, 0.3) is 0 Å². The Bertz CT molecular complexity index is 381. The number of carbonyl (C=O) groups excluding carboxylic acids is 1. The summed E-state index contributed by atoms with van der Waals surface area (Å²) < 4.78 is 25.7. The van der Waals surface area contributed by atoms with Crippen LogP contribution in [0.4, 0.5) is 8.78 Å². The molecule has 0 atom stereocenters. The van der Waals surface area contributed by atoms with Crippen molar-refractivity contribution in [2.45, 2.75) is 25.9 Å². The second-order valence-corrected chi connectivity index (χ2v) is 3.89. The minimum Gasteiger partial charge on any atom is -0.383 e. The fourth-order valence-corrected chi connectivity index (χ4v) is 1.05. The third kappa shape index (κ3) is 3.09. The highest BCUT2D eigenvalue weighted by Gasteiger charge is 2.24. The summed E-state index contributed by atoms with van der Waals surface area (Å²) in [6, 6.07) is 3.00. The number of benzene rings is 1. The largest absolute Gasteiger partial charge is 0.383 e. The minimum atomic E-state index is -1.50. The molecule has 0 radical (unpaired) electrons. The molecular formula is C11H12F2O2. The summed E-state index contributed by atoms with van der Waals surface area (Å²) in [7, 11) is 0.